The van der Waals surface area contributed by atoms with Crippen LogP contribution in [0.5, 0.6) is 0 Å². The summed E-state index contributed by atoms with van der Waals surface area (Å²) in [5, 5.41) is 21.8. The van der Waals surface area contributed by atoms with Crippen LogP contribution in [0.4, 0.5) is 4.79 Å². The van der Waals surface area contributed by atoms with E-state index < -0.39 is 48.1 Å². The zero-order valence-corrected chi connectivity index (χ0v) is 26.2. The number of ether oxygens (including phenoxy) is 2. The number of fused-ring (bicyclic) bond motifs is 1. The molecule has 0 bridgehead atoms. The number of likely N-dealkylation sites (N-methyl/N-ethyl adjacent to an activating group) is 1. The van der Waals surface area contributed by atoms with Crippen molar-refractivity contribution in [3.05, 3.63) is 71.1 Å². The van der Waals surface area contributed by atoms with Crippen LogP contribution in [0.3, 0.4) is 0 Å². The predicted molar refractivity (Wildman–Crippen MR) is 168 cm³/mol. The highest BCUT2D eigenvalue weighted by Gasteiger charge is 2.41. The molecule has 0 fully saturated rings. The standard InChI is InChI=1S/C31H41N5O7S/c1-5-42-31(43-6-2,17-23-20-44-26-15-11-10-14-24(23)26)21(3)33-29(40)25(16-28(38)39)34-27(37)19-36(4)35-30(41)32-18-22-12-8-7-9-13-22/h7-15,20-21,25H,5-6,16-19H2,1-4H3,(H,33,40)(H,34,37)(H,38,39)(H2,32,35,41)/t21-,25?/m0/s1. The quantitative estimate of drug-likeness (QED) is 0.113. The van der Waals surface area contributed by atoms with Crippen molar-refractivity contribution in [3.8, 4) is 0 Å². The van der Waals surface area contributed by atoms with E-state index in [0.29, 0.717) is 26.2 Å². The Morgan fingerprint density at radius 2 is 1.64 bits per heavy atom. The summed E-state index contributed by atoms with van der Waals surface area (Å²) in [6.07, 6.45) is -0.316. The summed E-state index contributed by atoms with van der Waals surface area (Å²) in [7, 11) is 1.47. The van der Waals surface area contributed by atoms with Crippen LogP contribution < -0.4 is 21.4 Å². The maximum Gasteiger partial charge on any atom is 0.329 e. The first-order valence-electron chi connectivity index (χ1n) is 14.4. The summed E-state index contributed by atoms with van der Waals surface area (Å²) in [6.45, 7) is 5.95. The summed E-state index contributed by atoms with van der Waals surface area (Å²) < 4.78 is 13.4. The Bertz CT molecular complexity index is 1390. The van der Waals surface area contributed by atoms with Gasteiger partial charge in [0.1, 0.15) is 6.04 Å². The highest BCUT2D eigenvalue weighted by Crippen LogP contribution is 2.32. The molecule has 1 heterocycles. The lowest BCUT2D eigenvalue weighted by atomic mass is 9.97. The van der Waals surface area contributed by atoms with E-state index in [1.807, 2.05) is 73.8 Å². The Hall–Kier alpha value is -4.04. The van der Waals surface area contributed by atoms with Gasteiger partial charge in [-0.1, -0.05) is 48.5 Å². The first-order chi connectivity index (χ1) is 21.1. The molecule has 4 amide bonds. The van der Waals surface area contributed by atoms with Crippen LogP contribution in [0.25, 0.3) is 10.1 Å². The zero-order valence-electron chi connectivity index (χ0n) is 25.4. The number of hydrazine groups is 1. The number of carboxylic acid groups (broad SMARTS) is 1. The molecule has 2 aromatic carbocycles. The number of benzene rings is 2. The van der Waals surface area contributed by atoms with Crippen molar-refractivity contribution in [1.29, 1.82) is 0 Å². The number of thiophene rings is 1. The number of hydrogen-bond donors (Lipinski definition) is 5. The zero-order chi connectivity index (χ0) is 32.1. The van der Waals surface area contributed by atoms with Gasteiger partial charge in [-0.25, -0.2) is 9.80 Å². The number of aliphatic carboxylic acids is 1. The van der Waals surface area contributed by atoms with Crippen molar-refractivity contribution in [1.82, 2.24) is 26.4 Å². The molecule has 3 aromatic rings. The third kappa shape index (κ3) is 10.0. The monoisotopic (exact) mass is 627 g/mol. The number of urea groups is 1. The molecule has 2 atom stereocenters. The van der Waals surface area contributed by atoms with E-state index in [-0.39, 0.29) is 6.54 Å². The number of carbonyl (C=O) groups is 4. The third-order valence-corrected chi connectivity index (χ3v) is 7.81. The van der Waals surface area contributed by atoms with Crippen molar-refractivity contribution in [2.45, 2.75) is 58.0 Å². The van der Waals surface area contributed by atoms with E-state index >= 15 is 0 Å². The third-order valence-electron chi connectivity index (χ3n) is 6.79. The Labute approximate surface area is 261 Å². The molecular formula is C31H41N5O7S. The number of hydrogen-bond acceptors (Lipinski definition) is 8. The van der Waals surface area contributed by atoms with Gasteiger partial charge >= 0.3 is 12.0 Å². The summed E-state index contributed by atoms with van der Waals surface area (Å²) in [4.78, 5) is 50.0. The first-order valence-corrected chi connectivity index (χ1v) is 15.3. The fraction of sp³-hybridized carbons (Fsp3) is 0.419. The lowest BCUT2D eigenvalue weighted by Crippen LogP contribution is -2.60. The molecule has 0 saturated carbocycles. The molecule has 12 nitrogen and oxygen atoms in total. The van der Waals surface area contributed by atoms with Gasteiger partial charge in [-0.15, -0.1) is 11.3 Å². The average molecular weight is 628 g/mol. The summed E-state index contributed by atoms with van der Waals surface area (Å²) in [6, 6.07) is 14.6. The molecule has 0 aliphatic rings. The Kier molecular flexibility index (Phi) is 13.1. The van der Waals surface area contributed by atoms with E-state index in [9.17, 15) is 24.3 Å². The maximum absolute atomic E-state index is 13.4. The molecule has 5 N–H and O–H groups in total. The molecular weight excluding hydrogens is 586 g/mol. The minimum atomic E-state index is -1.38. The average Bonchev–Trinajstić information content (AvgIpc) is 3.38. The van der Waals surface area contributed by atoms with Gasteiger partial charge < -0.3 is 30.5 Å². The van der Waals surface area contributed by atoms with Gasteiger partial charge in [-0.05, 0) is 48.7 Å². The molecule has 0 aliphatic carbocycles. The molecule has 44 heavy (non-hydrogen) atoms. The number of carbonyl (C=O) groups excluding carboxylic acids is 3. The largest absolute Gasteiger partial charge is 0.481 e. The van der Waals surface area contributed by atoms with Crippen LogP contribution in [-0.4, -0.2) is 78.6 Å². The van der Waals surface area contributed by atoms with Gasteiger partial charge in [-0.2, -0.15) is 0 Å². The van der Waals surface area contributed by atoms with Crippen molar-refractivity contribution in [2.24, 2.45) is 0 Å². The van der Waals surface area contributed by atoms with Crippen molar-refractivity contribution in [2.75, 3.05) is 26.8 Å². The Balaban J connectivity index is 1.65. The first kappa shape index (κ1) is 34.5. The molecule has 0 radical (unpaired) electrons. The fourth-order valence-corrected chi connectivity index (χ4v) is 5.73. The Morgan fingerprint density at radius 1 is 0.977 bits per heavy atom. The van der Waals surface area contributed by atoms with Crippen LogP contribution >= 0.6 is 11.3 Å². The topological polar surface area (TPSA) is 158 Å². The maximum atomic E-state index is 13.4. The molecule has 0 spiro atoms. The number of amides is 4. The van der Waals surface area contributed by atoms with Gasteiger partial charge in [0, 0.05) is 37.9 Å². The number of carboxylic acids is 1. The van der Waals surface area contributed by atoms with Gasteiger partial charge in [-0.3, -0.25) is 19.8 Å². The van der Waals surface area contributed by atoms with Gasteiger partial charge in [0.15, 0.2) is 5.79 Å². The highest BCUT2D eigenvalue weighted by molar-refractivity contribution is 7.17. The van der Waals surface area contributed by atoms with E-state index in [0.717, 1.165) is 21.2 Å². The number of nitrogens with zero attached hydrogens (tertiary/aromatic N) is 1. The number of nitrogens with one attached hydrogen (secondary N) is 4. The second-order valence-electron chi connectivity index (χ2n) is 10.2. The van der Waals surface area contributed by atoms with Gasteiger partial charge in [0.05, 0.1) is 19.0 Å². The molecule has 238 valence electrons. The molecule has 1 aromatic heterocycles. The van der Waals surface area contributed by atoms with E-state index in [2.05, 4.69) is 21.4 Å². The van der Waals surface area contributed by atoms with E-state index in [1.165, 1.54) is 12.1 Å². The molecule has 13 heteroatoms. The van der Waals surface area contributed by atoms with Crippen molar-refractivity contribution < 1.29 is 33.8 Å². The summed E-state index contributed by atoms with van der Waals surface area (Å²) in [5.41, 5.74) is 4.41. The molecule has 0 aliphatic heterocycles. The molecule has 1 unspecified atom stereocenters. The molecule has 3 rings (SSSR count). The van der Waals surface area contributed by atoms with Crippen molar-refractivity contribution in [3.63, 3.8) is 0 Å². The van der Waals surface area contributed by atoms with Gasteiger partial charge in [0.2, 0.25) is 11.8 Å². The van der Waals surface area contributed by atoms with Crippen molar-refractivity contribution >= 4 is 45.2 Å². The lowest BCUT2D eigenvalue weighted by Gasteiger charge is -2.39. The van der Waals surface area contributed by atoms with Crippen LogP contribution in [0, 0.1) is 0 Å². The van der Waals surface area contributed by atoms with Crippen LogP contribution in [0.15, 0.2) is 60.0 Å². The highest BCUT2D eigenvalue weighted by atomic mass is 32.1. The lowest BCUT2D eigenvalue weighted by molar-refractivity contribution is -0.246. The van der Waals surface area contributed by atoms with E-state index in [4.69, 9.17) is 9.47 Å². The van der Waals surface area contributed by atoms with Crippen LogP contribution in [-0.2, 0) is 36.8 Å². The summed E-state index contributed by atoms with van der Waals surface area (Å²) in [5.74, 6) is -3.88. The summed E-state index contributed by atoms with van der Waals surface area (Å²) >= 11 is 1.60. The van der Waals surface area contributed by atoms with Crippen LogP contribution in [0.1, 0.15) is 38.3 Å². The minimum absolute atomic E-state index is 0.291. The second kappa shape index (κ2) is 16.7. The Morgan fingerprint density at radius 3 is 2.30 bits per heavy atom. The van der Waals surface area contributed by atoms with Crippen LogP contribution in [0.2, 0.25) is 0 Å². The minimum Gasteiger partial charge on any atom is -0.481 e. The molecule has 0 saturated heterocycles. The van der Waals surface area contributed by atoms with E-state index in [1.54, 1.807) is 18.3 Å². The smallest absolute Gasteiger partial charge is 0.329 e. The number of rotatable bonds is 17. The van der Waals surface area contributed by atoms with Gasteiger partial charge in [0.25, 0.3) is 0 Å². The SMILES string of the molecule is CCOC(Cc1csc2ccccc12)(OCC)[C@H](C)NC(=O)C(CC(=O)O)NC(=O)CN(C)NC(=O)NCc1ccccc1. The normalized spacial score (nSPS) is 12.8. The second-order valence-corrected chi connectivity index (χ2v) is 11.1. The fourth-order valence-electron chi connectivity index (χ4n) is 4.76. The predicted octanol–water partition coefficient (Wildman–Crippen LogP) is 3.02.